The lowest BCUT2D eigenvalue weighted by atomic mass is 10.3. The molecule has 0 unspecified atom stereocenters. The average Bonchev–Trinajstić information content (AvgIpc) is 2.81. The van der Waals surface area contributed by atoms with Gasteiger partial charge < -0.3 is 10.1 Å². The maximum Gasteiger partial charge on any atom is 0.158 e. The number of thiazole rings is 1. The van der Waals surface area contributed by atoms with Gasteiger partial charge in [0, 0.05) is 31.0 Å². The van der Waals surface area contributed by atoms with Crippen molar-refractivity contribution in [1.29, 1.82) is 0 Å². The fourth-order valence-corrected chi connectivity index (χ4v) is 2.50. The lowest BCUT2D eigenvalue weighted by Crippen LogP contribution is -2.09. The molecule has 0 amide bonds. The molecule has 0 atom stereocenters. The van der Waals surface area contributed by atoms with Crippen LogP contribution in [0.15, 0.2) is 11.4 Å². The number of nitrogens with zero attached hydrogens (tertiary/aromatic N) is 3. The highest BCUT2D eigenvalue weighted by molar-refractivity contribution is 7.09. The van der Waals surface area contributed by atoms with Crippen molar-refractivity contribution in [2.24, 2.45) is 0 Å². The van der Waals surface area contributed by atoms with Crippen LogP contribution in [0.4, 0.5) is 5.82 Å². The average molecular weight is 313 g/mol. The van der Waals surface area contributed by atoms with Gasteiger partial charge in [0.25, 0.3) is 0 Å². The number of aryl methyl sites for hydroxylation is 1. The molecule has 2 rings (SSSR count). The molecule has 0 saturated carbocycles. The van der Waals surface area contributed by atoms with E-state index >= 15 is 0 Å². The Morgan fingerprint density at radius 2 is 2.20 bits per heavy atom. The molecule has 0 aliphatic carbocycles. The van der Waals surface area contributed by atoms with Crippen LogP contribution in [-0.2, 0) is 17.8 Å². The van der Waals surface area contributed by atoms with E-state index in [-0.39, 0.29) is 0 Å². The molecule has 0 aliphatic heterocycles. The van der Waals surface area contributed by atoms with Crippen LogP contribution in [0.3, 0.4) is 0 Å². The number of ether oxygens (including phenoxy) is 1. The van der Waals surface area contributed by atoms with E-state index in [2.05, 4.69) is 25.6 Å². The van der Waals surface area contributed by atoms with E-state index in [1.807, 2.05) is 13.8 Å². The minimum Gasteiger partial charge on any atom is -0.374 e. The Balaban J connectivity index is 1.89. The molecule has 20 heavy (non-hydrogen) atoms. The van der Waals surface area contributed by atoms with Crippen molar-refractivity contribution in [2.75, 3.05) is 18.5 Å². The Morgan fingerprint density at radius 3 is 2.90 bits per heavy atom. The summed E-state index contributed by atoms with van der Waals surface area (Å²) in [7, 11) is 0. The Morgan fingerprint density at radius 1 is 1.35 bits per heavy atom. The lowest BCUT2D eigenvalue weighted by Gasteiger charge is -2.07. The summed E-state index contributed by atoms with van der Waals surface area (Å²) in [6.45, 7) is 5.69. The second kappa shape index (κ2) is 7.52. The monoisotopic (exact) mass is 312 g/mol. The van der Waals surface area contributed by atoms with Gasteiger partial charge in [-0.05, 0) is 13.8 Å². The zero-order valence-corrected chi connectivity index (χ0v) is 13.1. The molecule has 0 fully saturated rings. The minimum atomic E-state index is 0.372. The summed E-state index contributed by atoms with van der Waals surface area (Å²) >= 11 is 7.63. The third-order valence-corrected chi connectivity index (χ3v) is 3.55. The van der Waals surface area contributed by atoms with Crippen LogP contribution in [0.1, 0.15) is 23.4 Å². The number of rotatable bonds is 7. The molecule has 108 valence electrons. The van der Waals surface area contributed by atoms with Gasteiger partial charge in [-0.1, -0.05) is 11.6 Å². The number of anilines is 1. The number of hydrogen-bond donors (Lipinski definition) is 1. The zero-order valence-electron chi connectivity index (χ0n) is 11.5. The molecular formula is C13H17ClN4OS. The van der Waals surface area contributed by atoms with Crippen molar-refractivity contribution < 1.29 is 4.74 Å². The Hall–Kier alpha value is -1.24. The second-order valence-electron chi connectivity index (χ2n) is 4.16. The minimum absolute atomic E-state index is 0.372. The van der Waals surface area contributed by atoms with Crippen molar-refractivity contribution in [3.8, 4) is 0 Å². The fourth-order valence-electron chi connectivity index (χ4n) is 1.65. The number of halogens is 1. The van der Waals surface area contributed by atoms with Crippen molar-refractivity contribution in [2.45, 2.75) is 26.9 Å². The van der Waals surface area contributed by atoms with Crippen molar-refractivity contribution in [3.05, 3.63) is 33.1 Å². The highest BCUT2D eigenvalue weighted by atomic mass is 35.5. The van der Waals surface area contributed by atoms with E-state index in [9.17, 15) is 0 Å². The molecule has 2 aromatic heterocycles. The van der Waals surface area contributed by atoms with E-state index in [0.29, 0.717) is 30.0 Å². The van der Waals surface area contributed by atoms with Gasteiger partial charge in [-0.25, -0.2) is 15.0 Å². The highest BCUT2D eigenvalue weighted by Crippen LogP contribution is 2.13. The maximum absolute atomic E-state index is 5.97. The largest absolute Gasteiger partial charge is 0.374 e. The van der Waals surface area contributed by atoms with Gasteiger partial charge >= 0.3 is 0 Å². The number of aromatic nitrogens is 3. The molecule has 0 saturated heterocycles. The summed E-state index contributed by atoms with van der Waals surface area (Å²) in [5, 5.41) is 6.81. The maximum atomic E-state index is 5.97. The first-order chi connectivity index (χ1) is 9.67. The van der Waals surface area contributed by atoms with E-state index < -0.39 is 0 Å². The van der Waals surface area contributed by atoms with Gasteiger partial charge in [0.1, 0.15) is 17.6 Å². The van der Waals surface area contributed by atoms with E-state index in [1.54, 1.807) is 17.4 Å². The molecule has 0 spiro atoms. The van der Waals surface area contributed by atoms with Crippen LogP contribution in [0, 0.1) is 6.92 Å². The molecular weight excluding hydrogens is 296 g/mol. The molecule has 5 nitrogen and oxygen atoms in total. The topological polar surface area (TPSA) is 59.9 Å². The van der Waals surface area contributed by atoms with Gasteiger partial charge in [-0.2, -0.15) is 0 Å². The SMILES string of the molecule is CCOCc1nc(Cl)cc(NCCc2csc(C)n2)n1. The third kappa shape index (κ3) is 4.70. The van der Waals surface area contributed by atoms with Crippen molar-refractivity contribution >= 4 is 28.8 Å². The van der Waals surface area contributed by atoms with Crippen LogP contribution in [0.25, 0.3) is 0 Å². The van der Waals surface area contributed by atoms with Crippen LogP contribution < -0.4 is 5.32 Å². The molecule has 0 aromatic carbocycles. The number of hydrogen-bond acceptors (Lipinski definition) is 6. The first-order valence-corrected chi connectivity index (χ1v) is 7.69. The summed E-state index contributed by atoms with van der Waals surface area (Å²) in [6.07, 6.45) is 0.854. The summed E-state index contributed by atoms with van der Waals surface area (Å²) in [5.74, 6) is 1.30. The standard InChI is InChI=1S/C13H17ClN4OS/c1-3-19-7-13-17-11(14)6-12(18-13)15-5-4-10-8-20-9(2)16-10/h6,8H,3-5,7H2,1-2H3,(H,15,17,18). The first kappa shape index (κ1) is 15.2. The zero-order chi connectivity index (χ0) is 14.4. The molecule has 2 aromatic rings. The van der Waals surface area contributed by atoms with E-state index in [0.717, 1.165) is 23.7 Å². The molecule has 2 heterocycles. The lowest BCUT2D eigenvalue weighted by molar-refractivity contribution is 0.128. The van der Waals surface area contributed by atoms with Crippen LogP contribution in [0.5, 0.6) is 0 Å². The van der Waals surface area contributed by atoms with Gasteiger partial charge in [0.05, 0.1) is 10.7 Å². The van der Waals surface area contributed by atoms with Gasteiger partial charge in [-0.15, -0.1) is 11.3 Å². The number of nitrogens with one attached hydrogen (secondary N) is 1. The third-order valence-electron chi connectivity index (χ3n) is 2.53. The first-order valence-electron chi connectivity index (χ1n) is 6.43. The van der Waals surface area contributed by atoms with Crippen molar-refractivity contribution in [1.82, 2.24) is 15.0 Å². The van der Waals surface area contributed by atoms with E-state index in [1.165, 1.54) is 0 Å². The predicted molar refractivity (Wildman–Crippen MR) is 81.4 cm³/mol. The summed E-state index contributed by atoms with van der Waals surface area (Å²) in [5.41, 5.74) is 1.09. The molecule has 1 N–H and O–H groups in total. The van der Waals surface area contributed by atoms with Crippen LogP contribution in [0.2, 0.25) is 5.15 Å². The molecule has 0 radical (unpaired) electrons. The highest BCUT2D eigenvalue weighted by Gasteiger charge is 2.04. The van der Waals surface area contributed by atoms with E-state index in [4.69, 9.17) is 16.3 Å². The van der Waals surface area contributed by atoms with Crippen LogP contribution >= 0.6 is 22.9 Å². The fraction of sp³-hybridized carbons (Fsp3) is 0.462. The summed E-state index contributed by atoms with van der Waals surface area (Å²) in [6, 6.07) is 1.71. The van der Waals surface area contributed by atoms with Gasteiger partial charge in [0.15, 0.2) is 5.82 Å². The molecule has 0 bridgehead atoms. The Labute approximate surface area is 127 Å². The Kier molecular flexibility index (Phi) is 5.70. The second-order valence-corrected chi connectivity index (χ2v) is 5.61. The summed E-state index contributed by atoms with van der Waals surface area (Å²) < 4.78 is 5.29. The van der Waals surface area contributed by atoms with Crippen molar-refractivity contribution in [3.63, 3.8) is 0 Å². The quantitative estimate of drug-likeness (QED) is 0.796. The smallest absolute Gasteiger partial charge is 0.158 e. The summed E-state index contributed by atoms with van der Waals surface area (Å²) in [4.78, 5) is 12.9. The normalized spacial score (nSPS) is 10.8. The van der Waals surface area contributed by atoms with Crippen LogP contribution in [-0.4, -0.2) is 28.1 Å². The molecule has 0 aliphatic rings. The predicted octanol–water partition coefficient (Wildman–Crippen LogP) is 3.09. The molecule has 7 heteroatoms. The Bertz CT molecular complexity index is 561. The van der Waals surface area contributed by atoms with Gasteiger partial charge in [0.2, 0.25) is 0 Å². The van der Waals surface area contributed by atoms with Gasteiger partial charge in [-0.3, -0.25) is 0 Å².